The van der Waals surface area contributed by atoms with Gasteiger partial charge in [-0.05, 0) is 100 Å². The van der Waals surface area contributed by atoms with Gasteiger partial charge in [-0.15, -0.1) is 0 Å². The number of fused-ring (bicyclic) bond motifs is 1. The summed E-state index contributed by atoms with van der Waals surface area (Å²) in [6.45, 7) is 12.8. The second-order valence-corrected chi connectivity index (χ2v) is 15.4. The number of anilines is 3. The Hall–Kier alpha value is -5.04. The average Bonchev–Trinajstić information content (AvgIpc) is 3.78. The summed E-state index contributed by atoms with van der Waals surface area (Å²) in [4.78, 5) is 32.6. The minimum Gasteiger partial charge on any atom is -0.507 e. The van der Waals surface area contributed by atoms with Crippen LogP contribution in [0.3, 0.4) is 0 Å². The number of hydrogen-bond donors (Lipinski definition) is 4. The van der Waals surface area contributed by atoms with Crippen molar-refractivity contribution >= 4 is 35.3 Å². The van der Waals surface area contributed by atoms with Crippen molar-refractivity contribution in [3.05, 3.63) is 76.4 Å². The molecule has 2 saturated heterocycles. The summed E-state index contributed by atoms with van der Waals surface area (Å²) >= 11 is 0. The van der Waals surface area contributed by atoms with Crippen LogP contribution in [-0.4, -0.2) is 82.0 Å². The van der Waals surface area contributed by atoms with Gasteiger partial charge in [-0.1, -0.05) is 31.1 Å². The van der Waals surface area contributed by atoms with Gasteiger partial charge >= 0.3 is 5.97 Å². The predicted molar refractivity (Wildman–Crippen MR) is 211 cm³/mol. The topological polar surface area (TPSA) is 176 Å². The van der Waals surface area contributed by atoms with Crippen molar-refractivity contribution in [3.63, 3.8) is 0 Å². The van der Waals surface area contributed by atoms with Crippen LogP contribution in [0.1, 0.15) is 98.4 Å². The molecule has 3 aliphatic heterocycles. The van der Waals surface area contributed by atoms with Crippen LogP contribution >= 0.6 is 0 Å². The molecule has 0 amide bonds. The Balaban J connectivity index is 0.866. The largest absolute Gasteiger partial charge is 0.507 e. The number of hydrogen-bond acceptors (Lipinski definition) is 12. The number of phenolic OH excluding ortho intramolecular Hbond substituents is 1. The molecule has 0 spiro atoms. The van der Waals surface area contributed by atoms with Gasteiger partial charge in [-0.3, -0.25) is 4.79 Å². The van der Waals surface area contributed by atoms with E-state index in [1.165, 1.54) is 12.0 Å². The lowest BCUT2D eigenvalue weighted by atomic mass is 9.90. The molecule has 0 aliphatic carbocycles. The summed E-state index contributed by atoms with van der Waals surface area (Å²) in [5.74, 6) is 3.39. The van der Waals surface area contributed by atoms with Gasteiger partial charge in [0, 0.05) is 79.1 Å². The lowest BCUT2D eigenvalue weighted by molar-refractivity contribution is -0.146. The lowest BCUT2D eigenvalue weighted by Gasteiger charge is -2.35. The first-order chi connectivity index (χ1) is 26.2. The third kappa shape index (κ3) is 8.20. The number of para-hydroxylation sites is 1. The molecule has 0 bridgehead atoms. The molecule has 2 fully saturated rings. The van der Waals surface area contributed by atoms with Crippen LogP contribution in [0.4, 0.5) is 17.6 Å². The van der Waals surface area contributed by atoms with E-state index in [1.807, 2.05) is 51.4 Å². The monoisotopic (exact) mass is 737 g/mol. The van der Waals surface area contributed by atoms with Crippen LogP contribution in [-0.2, 0) is 22.5 Å². The molecule has 1 unspecified atom stereocenters. The number of carbonyl (C=O) groups is 1. The molecule has 288 valence electrons. The molecule has 1 atom stereocenters. The highest BCUT2D eigenvalue weighted by atomic mass is 16.5. The Morgan fingerprint density at radius 2 is 1.81 bits per heavy atom. The summed E-state index contributed by atoms with van der Waals surface area (Å²) in [7, 11) is 0. The van der Waals surface area contributed by atoms with E-state index in [9.17, 15) is 9.90 Å². The van der Waals surface area contributed by atoms with Gasteiger partial charge in [0.05, 0.1) is 6.61 Å². The molecule has 54 heavy (non-hydrogen) atoms. The van der Waals surface area contributed by atoms with Crippen molar-refractivity contribution in [2.75, 3.05) is 61.4 Å². The molecule has 6 N–H and O–H groups in total. The SMILES string of the molecule is CCOC(=O)C(c1cc(N2CCC(CCN3CCC(c4cnc(N5CCc6[nH]c(N)c(/C=C(\N)c7ccccc7O)c6C5)nc4)CC3)CC2)no1)C(C)C. The molecule has 3 aromatic heterocycles. The highest BCUT2D eigenvalue weighted by Gasteiger charge is 2.32. The smallest absolute Gasteiger partial charge is 0.317 e. The van der Waals surface area contributed by atoms with E-state index in [1.54, 1.807) is 18.2 Å². The standard InChI is InChI=1S/C41H55N9O4/c1-4-53-40(52)38(26(2)3)36-22-37(47-54-36)49-18-10-27(11-19-49)9-15-48-16-12-28(13-17-48)29-23-44-41(45-24-29)50-20-14-34-32(25-50)31(39(43)46-34)21-33(42)30-7-5-6-8-35(30)51/h5-8,21-24,26-28,38,46,51H,4,9-20,25,42-43H2,1-3H3/b33-21-. The van der Waals surface area contributed by atoms with Crippen LogP contribution in [0.5, 0.6) is 5.75 Å². The number of aromatic hydroxyl groups is 1. The second-order valence-electron chi connectivity index (χ2n) is 15.4. The molecule has 13 heteroatoms. The van der Waals surface area contributed by atoms with Crippen molar-refractivity contribution in [1.29, 1.82) is 0 Å². The summed E-state index contributed by atoms with van der Waals surface area (Å²) < 4.78 is 10.9. The van der Waals surface area contributed by atoms with E-state index in [0.29, 0.717) is 47.8 Å². The lowest BCUT2D eigenvalue weighted by Crippen LogP contribution is -2.37. The highest BCUT2D eigenvalue weighted by Crippen LogP contribution is 2.35. The van der Waals surface area contributed by atoms with E-state index < -0.39 is 5.92 Å². The van der Waals surface area contributed by atoms with Crippen molar-refractivity contribution in [3.8, 4) is 5.75 Å². The molecule has 0 saturated carbocycles. The number of rotatable bonds is 12. The normalized spacial score (nSPS) is 18.3. The zero-order valence-electron chi connectivity index (χ0n) is 31.8. The van der Waals surface area contributed by atoms with Gasteiger partial charge in [0.25, 0.3) is 0 Å². The maximum absolute atomic E-state index is 12.5. The fraction of sp³-hybridized carbons (Fsp3) is 0.512. The quantitative estimate of drug-likeness (QED) is 0.127. The molecular weight excluding hydrogens is 683 g/mol. The number of H-pyrrole nitrogens is 1. The number of esters is 1. The number of benzene rings is 1. The number of nitrogen functional groups attached to an aromatic ring is 1. The molecule has 7 rings (SSSR count). The van der Waals surface area contributed by atoms with Crippen LogP contribution < -0.4 is 21.3 Å². The summed E-state index contributed by atoms with van der Waals surface area (Å²) in [5, 5.41) is 14.6. The first kappa shape index (κ1) is 37.3. The minimum absolute atomic E-state index is 0.0675. The number of aromatic nitrogens is 4. The molecule has 0 radical (unpaired) electrons. The van der Waals surface area contributed by atoms with E-state index in [4.69, 9.17) is 30.7 Å². The fourth-order valence-corrected chi connectivity index (χ4v) is 8.36. The number of phenols is 1. The Bertz CT molecular complexity index is 1900. The number of aromatic amines is 1. The third-order valence-corrected chi connectivity index (χ3v) is 11.6. The second kappa shape index (κ2) is 16.5. The summed E-state index contributed by atoms with van der Waals surface area (Å²) in [5.41, 5.74) is 18.1. The van der Waals surface area contributed by atoms with E-state index in [0.717, 1.165) is 100.0 Å². The van der Waals surface area contributed by atoms with Gasteiger partial charge in [0.2, 0.25) is 5.95 Å². The Morgan fingerprint density at radius 3 is 2.52 bits per heavy atom. The van der Waals surface area contributed by atoms with Crippen molar-refractivity contribution in [2.24, 2.45) is 17.6 Å². The highest BCUT2D eigenvalue weighted by molar-refractivity contribution is 5.86. The van der Waals surface area contributed by atoms with Gasteiger partial charge in [0.1, 0.15) is 17.5 Å². The van der Waals surface area contributed by atoms with E-state index in [2.05, 4.69) is 24.8 Å². The summed E-state index contributed by atoms with van der Waals surface area (Å²) in [6, 6.07) is 8.97. The maximum atomic E-state index is 12.5. The zero-order valence-corrected chi connectivity index (χ0v) is 31.8. The number of carbonyl (C=O) groups excluding carboxylic acids is 1. The zero-order chi connectivity index (χ0) is 37.8. The van der Waals surface area contributed by atoms with E-state index >= 15 is 0 Å². The molecule has 4 aromatic rings. The predicted octanol–water partition coefficient (Wildman–Crippen LogP) is 5.89. The summed E-state index contributed by atoms with van der Waals surface area (Å²) in [6.07, 6.45) is 12.4. The molecule has 3 aliphatic rings. The molecular formula is C41H55N9O4. The van der Waals surface area contributed by atoms with Crippen molar-refractivity contribution < 1.29 is 19.2 Å². The number of nitrogens with one attached hydrogen (secondary N) is 1. The van der Waals surface area contributed by atoms with E-state index in [-0.39, 0.29) is 17.6 Å². The molecule has 13 nitrogen and oxygen atoms in total. The van der Waals surface area contributed by atoms with Gasteiger partial charge in [-0.25, -0.2) is 9.97 Å². The van der Waals surface area contributed by atoms with Crippen LogP contribution in [0, 0.1) is 11.8 Å². The maximum Gasteiger partial charge on any atom is 0.317 e. The first-order valence-electron chi connectivity index (χ1n) is 19.6. The van der Waals surface area contributed by atoms with Crippen LogP contribution in [0.2, 0.25) is 0 Å². The minimum atomic E-state index is -0.434. The molecule has 1 aromatic carbocycles. The Kier molecular flexibility index (Phi) is 11.4. The first-order valence-corrected chi connectivity index (χ1v) is 19.6. The number of ether oxygens (including phenoxy) is 1. The van der Waals surface area contributed by atoms with Gasteiger partial charge in [0.15, 0.2) is 11.6 Å². The van der Waals surface area contributed by atoms with Gasteiger partial charge < -0.3 is 45.5 Å². The van der Waals surface area contributed by atoms with Crippen molar-refractivity contribution in [2.45, 2.75) is 77.7 Å². The van der Waals surface area contributed by atoms with Gasteiger partial charge in [-0.2, -0.15) is 0 Å². The number of likely N-dealkylation sites (tertiary alicyclic amines) is 1. The average molecular weight is 738 g/mol. The Morgan fingerprint density at radius 1 is 1.07 bits per heavy atom. The number of piperidine rings is 2. The number of nitrogens with zero attached hydrogens (tertiary/aromatic N) is 6. The number of nitrogens with two attached hydrogens (primary N) is 2. The third-order valence-electron chi connectivity index (χ3n) is 11.6. The van der Waals surface area contributed by atoms with Crippen LogP contribution in [0.25, 0.3) is 11.8 Å². The Labute approximate surface area is 317 Å². The fourth-order valence-electron chi connectivity index (χ4n) is 8.36. The van der Waals surface area contributed by atoms with Crippen LogP contribution in [0.15, 0.2) is 47.2 Å². The van der Waals surface area contributed by atoms with Crippen molar-refractivity contribution in [1.82, 2.24) is 25.0 Å². The molecule has 6 heterocycles.